The molecule has 0 spiro atoms. The maximum atomic E-state index is 12.4. The quantitative estimate of drug-likeness (QED) is 0.858. The van der Waals surface area contributed by atoms with Gasteiger partial charge in [0.2, 0.25) is 5.91 Å². The molecule has 2 heterocycles. The zero-order valence-electron chi connectivity index (χ0n) is 13.5. The maximum absolute atomic E-state index is 12.4. The molecular weight excluding hydrogens is 306 g/mol. The number of nitrogens with zero attached hydrogens (tertiary/aromatic N) is 2. The third-order valence-corrected chi connectivity index (χ3v) is 5.29. The van der Waals surface area contributed by atoms with E-state index < -0.39 is 0 Å². The minimum absolute atomic E-state index is 0.0323. The van der Waals surface area contributed by atoms with E-state index in [9.17, 15) is 14.4 Å². The molecule has 126 valence electrons. The fraction of sp³-hybridized carbons (Fsp3) is 0.500. The zero-order valence-corrected chi connectivity index (χ0v) is 13.5. The number of aryl methyl sites for hydroxylation is 1. The zero-order chi connectivity index (χ0) is 16.7. The molecule has 2 unspecified atom stereocenters. The van der Waals surface area contributed by atoms with Crippen molar-refractivity contribution >= 4 is 17.8 Å². The number of rotatable bonds is 3. The topological polar surface area (TPSA) is 69.7 Å². The van der Waals surface area contributed by atoms with Crippen LogP contribution in [0.1, 0.15) is 42.9 Å². The summed E-state index contributed by atoms with van der Waals surface area (Å²) in [5.41, 5.74) is 2.42. The molecule has 1 aromatic rings. The standard InChI is InChI=1S/C18H21N3O3/c22-16(11-21-17(23)15-9-4-10-20(15)18(21)24)19-14-8-3-6-12-5-1-2-7-13(12)14/h1-2,5,7,14-15H,3-4,6,8-11H2,(H,19,22). The second-order valence-electron chi connectivity index (χ2n) is 6.77. The van der Waals surface area contributed by atoms with E-state index in [1.807, 2.05) is 18.2 Å². The summed E-state index contributed by atoms with van der Waals surface area (Å²) < 4.78 is 0. The Bertz CT molecular complexity index is 681. The van der Waals surface area contributed by atoms with E-state index in [-0.39, 0.29) is 36.5 Å². The highest BCUT2D eigenvalue weighted by atomic mass is 16.2. The number of imide groups is 1. The summed E-state index contributed by atoms with van der Waals surface area (Å²) in [5.74, 6) is -0.490. The smallest absolute Gasteiger partial charge is 0.327 e. The third-order valence-electron chi connectivity index (χ3n) is 5.29. The molecule has 0 saturated carbocycles. The normalized spacial score (nSPS) is 25.7. The van der Waals surface area contributed by atoms with Gasteiger partial charge in [0.1, 0.15) is 12.6 Å². The Balaban J connectivity index is 1.43. The van der Waals surface area contributed by atoms with Crippen molar-refractivity contribution in [1.29, 1.82) is 0 Å². The van der Waals surface area contributed by atoms with Crippen LogP contribution in [0.5, 0.6) is 0 Å². The number of amides is 4. The number of carbonyl (C=O) groups excluding carboxylic acids is 3. The van der Waals surface area contributed by atoms with Crippen molar-refractivity contribution in [3.8, 4) is 0 Å². The van der Waals surface area contributed by atoms with Gasteiger partial charge in [-0.1, -0.05) is 24.3 Å². The fourth-order valence-electron chi connectivity index (χ4n) is 4.11. The summed E-state index contributed by atoms with van der Waals surface area (Å²) in [4.78, 5) is 39.7. The Labute approximate surface area is 140 Å². The molecule has 3 aliphatic rings. The van der Waals surface area contributed by atoms with Gasteiger partial charge < -0.3 is 10.2 Å². The maximum Gasteiger partial charge on any atom is 0.327 e. The Morgan fingerprint density at radius 2 is 2.00 bits per heavy atom. The van der Waals surface area contributed by atoms with Crippen molar-refractivity contribution in [2.24, 2.45) is 0 Å². The molecule has 1 aromatic carbocycles. The molecule has 1 N–H and O–H groups in total. The number of urea groups is 1. The summed E-state index contributed by atoms with van der Waals surface area (Å²) in [6.45, 7) is 0.437. The lowest BCUT2D eigenvalue weighted by atomic mass is 9.88. The predicted molar refractivity (Wildman–Crippen MR) is 87.1 cm³/mol. The van der Waals surface area contributed by atoms with Gasteiger partial charge in [-0.15, -0.1) is 0 Å². The SMILES string of the molecule is O=C(CN1C(=O)C2CCCN2C1=O)NC1CCCc2ccccc21. The van der Waals surface area contributed by atoms with Crippen molar-refractivity contribution in [3.05, 3.63) is 35.4 Å². The van der Waals surface area contributed by atoms with Crippen LogP contribution >= 0.6 is 0 Å². The lowest BCUT2D eigenvalue weighted by molar-refractivity contribution is -0.132. The summed E-state index contributed by atoms with van der Waals surface area (Å²) in [6.07, 6.45) is 4.51. The molecule has 2 atom stereocenters. The highest BCUT2D eigenvalue weighted by Crippen LogP contribution is 2.30. The summed E-state index contributed by atoms with van der Waals surface area (Å²) >= 11 is 0. The van der Waals surface area contributed by atoms with Gasteiger partial charge in [0.05, 0.1) is 6.04 Å². The largest absolute Gasteiger partial charge is 0.348 e. The van der Waals surface area contributed by atoms with Crippen molar-refractivity contribution in [2.45, 2.75) is 44.2 Å². The first-order chi connectivity index (χ1) is 11.6. The molecule has 2 aliphatic heterocycles. The van der Waals surface area contributed by atoms with Crippen LogP contribution in [-0.4, -0.2) is 46.8 Å². The van der Waals surface area contributed by atoms with Crippen molar-refractivity contribution in [1.82, 2.24) is 15.1 Å². The van der Waals surface area contributed by atoms with Gasteiger partial charge in [0, 0.05) is 6.54 Å². The molecule has 1 aliphatic carbocycles. The molecule has 2 fully saturated rings. The van der Waals surface area contributed by atoms with E-state index >= 15 is 0 Å². The predicted octanol–water partition coefficient (Wildman–Crippen LogP) is 1.61. The second kappa shape index (κ2) is 5.92. The number of fused-ring (bicyclic) bond motifs is 2. The van der Waals surface area contributed by atoms with Crippen LogP contribution in [0.2, 0.25) is 0 Å². The third kappa shape index (κ3) is 2.46. The van der Waals surface area contributed by atoms with Gasteiger partial charge in [-0.25, -0.2) is 4.79 Å². The molecule has 0 bridgehead atoms. The Kier molecular flexibility index (Phi) is 3.75. The Morgan fingerprint density at radius 3 is 2.83 bits per heavy atom. The van der Waals surface area contributed by atoms with Gasteiger partial charge >= 0.3 is 6.03 Å². The average molecular weight is 327 g/mol. The number of carbonyl (C=O) groups is 3. The van der Waals surface area contributed by atoms with Gasteiger partial charge in [0.15, 0.2) is 0 Å². The van der Waals surface area contributed by atoms with E-state index in [2.05, 4.69) is 11.4 Å². The van der Waals surface area contributed by atoms with Crippen molar-refractivity contribution in [2.75, 3.05) is 13.1 Å². The molecule has 2 saturated heterocycles. The van der Waals surface area contributed by atoms with Gasteiger partial charge in [-0.2, -0.15) is 0 Å². The van der Waals surface area contributed by atoms with Crippen LogP contribution in [0.25, 0.3) is 0 Å². The molecule has 0 radical (unpaired) electrons. The lowest BCUT2D eigenvalue weighted by Gasteiger charge is -2.27. The molecular formula is C18H21N3O3. The first-order valence-corrected chi connectivity index (χ1v) is 8.64. The Hall–Kier alpha value is -2.37. The first-order valence-electron chi connectivity index (χ1n) is 8.64. The minimum atomic E-state index is -0.347. The number of nitrogens with one attached hydrogen (secondary N) is 1. The second-order valence-corrected chi connectivity index (χ2v) is 6.77. The summed E-state index contributed by atoms with van der Waals surface area (Å²) in [7, 11) is 0. The number of benzene rings is 1. The number of hydrogen-bond donors (Lipinski definition) is 1. The Morgan fingerprint density at radius 1 is 1.17 bits per heavy atom. The van der Waals surface area contributed by atoms with Crippen LogP contribution in [0.15, 0.2) is 24.3 Å². The lowest BCUT2D eigenvalue weighted by Crippen LogP contribution is -2.43. The van der Waals surface area contributed by atoms with Crippen LogP contribution < -0.4 is 5.32 Å². The monoisotopic (exact) mass is 327 g/mol. The van der Waals surface area contributed by atoms with E-state index in [0.29, 0.717) is 13.0 Å². The summed E-state index contributed by atoms with van der Waals surface area (Å²) in [5, 5.41) is 3.01. The molecule has 4 amide bonds. The molecule has 0 aromatic heterocycles. The van der Waals surface area contributed by atoms with Crippen LogP contribution in [0, 0.1) is 0 Å². The average Bonchev–Trinajstić information content (AvgIpc) is 3.15. The van der Waals surface area contributed by atoms with E-state index in [4.69, 9.17) is 0 Å². The minimum Gasteiger partial charge on any atom is -0.348 e. The van der Waals surface area contributed by atoms with Crippen LogP contribution in [-0.2, 0) is 16.0 Å². The molecule has 4 rings (SSSR count). The highest BCUT2D eigenvalue weighted by Gasteiger charge is 2.47. The summed E-state index contributed by atoms with van der Waals surface area (Å²) in [6, 6.07) is 7.43. The van der Waals surface area contributed by atoms with Crippen molar-refractivity contribution < 1.29 is 14.4 Å². The molecule has 24 heavy (non-hydrogen) atoms. The van der Waals surface area contributed by atoms with Crippen molar-refractivity contribution in [3.63, 3.8) is 0 Å². The van der Waals surface area contributed by atoms with E-state index in [0.717, 1.165) is 36.1 Å². The van der Waals surface area contributed by atoms with Crippen LogP contribution in [0.4, 0.5) is 4.79 Å². The fourth-order valence-corrected chi connectivity index (χ4v) is 4.11. The van der Waals surface area contributed by atoms with Gasteiger partial charge in [-0.3, -0.25) is 14.5 Å². The van der Waals surface area contributed by atoms with Gasteiger partial charge in [0.25, 0.3) is 5.91 Å². The van der Waals surface area contributed by atoms with E-state index in [1.165, 1.54) is 5.56 Å². The van der Waals surface area contributed by atoms with E-state index in [1.54, 1.807) is 4.90 Å². The highest BCUT2D eigenvalue weighted by molar-refractivity contribution is 6.06. The first kappa shape index (κ1) is 15.2. The number of hydrogen-bond acceptors (Lipinski definition) is 3. The molecule has 6 nitrogen and oxygen atoms in total. The molecule has 6 heteroatoms. The van der Waals surface area contributed by atoms with Crippen LogP contribution in [0.3, 0.4) is 0 Å². The van der Waals surface area contributed by atoms with Gasteiger partial charge in [-0.05, 0) is 43.2 Å².